The fraction of sp³-hybridized carbons (Fsp3) is 0.360. The minimum absolute atomic E-state index is 0.0188. The van der Waals surface area contributed by atoms with Gasteiger partial charge in [-0.15, -0.1) is 0 Å². The highest BCUT2D eigenvalue weighted by molar-refractivity contribution is 7.89. The van der Waals surface area contributed by atoms with Gasteiger partial charge in [0.15, 0.2) is 5.75 Å². The van der Waals surface area contributed by atoms with Crippen molar-refractivity contribution in [2.24, 2.45) is 0 Å². The topological polar surface area (TPSA) is 115 Å². The summed E-state index contributed by atoms with van der Waals surface area (Å²) >= 11 is 0. The Morgan fingerprint density at radius 2 is 1.91 bits per heavy atom. The highest BCUT2D eigenvalue weighted by Gasteiger charge is 2.30. The van der Waals surface area contributed by atoms with E-state index in [9.17, 15) is 23.1 Å². The second-order valence-electron chi connectivity index (χ2n) is 8.61. The Balaban J connectivity index is 1.82. The third-order valence-corrected chi connectivity index (χ3v) is 7.60. The van der Waals surface area contributed by atoms with Gasteiger partial charge in [0.25, 0.3) is 0 Å². The van der Waals surface area contributed by atoms with E-state index in [0.29, 0.717) is 17.6 Å². The van der Waals surface area contributed by atoms with E-state index in [1.54, 1.807) is 4.57 Å². The number of carboxylic acid groups (broad SMARTS) is 1. The van der Waals surface area contributed by atoms with Crippen LogP contribution in [0.5, 0.6) is 5.75 Å². The lowest BCUT2D eigenvalue weighted by Gasteiger charge is -2.18. The quantitative estimate of drug-likeness (QED) is 0.399. The van der Waals surface area contributed by atoms with Gasteiger partial charge in [0, 0.05) is 18.8 Å². The highest BCUT2D eigenvalue weighted by Crippen LogP contribution is 2.43. The maximum Gasteiger partial charge on any atom is 0.341 e. The Morgan fingerprint density at radius 3 is 2.49 bits per heavy atom. The SMILES string of the molecule is CCCCCNS(=O)(=O)c1ccc(-c2c(F)cc3c(=O)c(C(=O)O)cn(C4CC4)c3c2OC)cc1. The summed E-state index contributed by atoms with van der Waals surface area (Å²) in [5.41, 5.74) is -0.473. The molecule has 1 fully saturated rings. The summed E-state index contributed by atoms with van der Waals surface area (Å²) in [5.74, 6) is -2.06. The zero-order valence-corrected chi connectivity index (χ0v) is 20.3. The van der Waals surface area contributed by atoms with E-state index in [1.807, 2.05) is 6.92 Å². The van der Waals surface area contributed by atoms with Gasteiger partial charge in [-0.05, 0) is 43.0 Å². The summed E-state index contributed by atoms with van der Waals surface area (Å²) in [6.07, 6.45) is 5.51. The lowest BCUT2D eigenvalue weighted by molar-refractivity contribution is 0.0694. The largest absolute Gasteiger partial charge is 0.494 e. The molecule has 8 nitrogen and oxygen atoms in total. The zero-order chi connectivity index (χ0) is 25.3. The van der Waals surface area contributed by atoms with Crippen LogP contribution in [0, 0.1) is 5.82 Å². The number of carboxylic acids is 1. The summed E-state index contributed by atoms with van der Waals surface area (Å²) in [7, 11) is -2.35. The third kappa shape index (κ3) is 4.81. The number of hydrogen-bond donors (Lipinski definition) is 2. The van der Waals surface area contributed by atoms with Crippen molar-refractivity contribution in [3.8, 4) is 16.9 Å². The second-order valence-corrected chi connectivity index (χ2v) is 10.4. The molecule has 186 valence electrons. The number of methoxy groups -OCH3 is 1. The number of rotatable bonds is 10. The number of pyridine rings is 1. The average molecular weight is 503 g/mol. The fourth-order valence-electron chi connectivity index (χ4n) is 4.18. The average Bonchev–Trinajstić information content (AvgIpc) is 3.67. The lowest BCUT2D eigenvalue weighted by Crippen LogP contribution is -2.24. The van der Waals surface area contributed by atoms with Crippen molar-refractivity contribution >= 4 is 26.9 Å². The Morgan fingerprint density at radius 1 is 1.23 bits per heavy atom. The van der Waals surface area contributed by atoms with Crippen LogP contribution in [-0.2, 0) is 10.0 Å². The Hall–Kier alpha value is -3.24. The number of aromatic carboxylic acids is 1. The van der Waals surface area contributed by atoms with Crippen molar-refractivity contribution in [1.82, 2.24) is 9.29 Å². The highest BCUT2D eigenvalue weighted by atomic mass is 32.2. The van der Waals surface area contributed by atoms with E-state index in [2.05, 4.69) is 4.72 Å². The molecule has 2 N–H and O–H groups in total. The molecule has 0 amide bonds. The molecular weight excluding hydrogens is 475 g/mol. The lowest BCUT2D eigenvalue weighted by atomic mass is 10.00. The molecule has 1 aromatic heterocycles. The van der Waals surface area contributed by atoms with Crippen molar-refractivity contribution in [2.75, 3.05) is 13.7 Å². The number of unbranched alkanes of at least 4 members (excludes halogenated alkanes) is 2. The number of sulfonamides is 1. The first-order valence-corrected chi connectivity index (χ1v) is 13.0. The van der Waals surface area contributed by atoms with Gasteiger partial charge in [0.2, 0.25) is 15.5 Å². The molecule has 1 saturated carbocycles. The molecule has 0 saturated heterocycles. The molecule has 0 atom stereocenters. The molecule has 0 unspecified atom stereocenters. The molecule has 4 rings (SSSR count). The molecule has 1 aliphatic carbocycles. The van der Waals surface area contributed by atoms with E-state index < -0.39 is 32.8 Å². The van der Waals surface area contributed by atoms with Gasteiger partial charge < -0.3 is 14.4 Å². The predicted octanol–water partition coefficient (Wildman–Crippen LogP) is 4.32. The summed E-state index contributed by atoms with van der Waals surface area (Å²) in [6.45, 7) is 2.37. The van der Waals surface area contributed by atoms with Crippen LogP contribution >= 0.6 is 0 Å². The van der Waals surface area contributed by atoms with E-state index in [-0.39, 0.29) is 27.6 Å². The molecule has 35 heavy (non-hydrogen) atoms. The van der Waals surface area contributed by atoms with Crippen molar-refractivity contribution in [3.05, 3.63) is 58.1 Å². The predicted molar refractivity (Wildman–Crippen MR) is 130 cm³/mol. The number of fused-ring (bicyclic) bond motifs is 1. The first-order chi connectivity index (χ1) is 16.7. The number of carbonyl (C=O) groups is 1. The van der Waals surface area contributed by atoms with Crippen LogP contribution in [0.15, 0.2) is 46.2 Å². The van der Waals surface area contributed by atoms with Crippen LogP contribution in [0.3, 0.4) is 0 Å². The van der Waals surface area contributed by atoms with Gasteiger partial charge in [-0.1, -0.05) is 31.9 Å². The van der Waals surface area contributed by atoms with Crippen molar-refractivity contribution in [3.63, 3.8) is 0 Å². The van der Waals surface area contributed by atoms with Gasteiger partial charge in [0.1, 0.15) is 11.4 Å². The fourth-order valence-corrected chi connectivity index (χ4v) is 5.25. The van der Waals surface area contributed by atoms with E-state index in [4.69, 9.17) is 4.74 Å². The molecule has 2 aromatic carbocycles. The molecule has 0 aliphatic heterocycles. The number of halogens is 1. The molecule has 0 bridgehead atoms. The van der Waals surface area contributed by atoms with Crippen molar-refractivity contribution in [2.45, 2.75) is 50.0 Å². The van der Waals surface area contributed by atoms with Crippen LogP contribution < -0.4 is 14.9 Å². The first-order valence-electron chi connectivity index (χ1n) is 11.5. The monoisotopic (exact) mass is 502 g/mol. The Bertz CT molecular complexity index is 1440. The van der Waals surface area contributed by atoms with Crippen molar-refractivity contribution < 1.29 is 27.4 Å². The number of nitrogens with one attached hydrogen (secondary N) is 1. The zero-order valence-electron chi connectivity index (χ0n) is 19.5. The summed E-state index contributed by atoms with van der Waals surface area (Å²) in [6, 6.07) is 6.76. The maximum absolute atomic E-state index is 15.4. The Kier molecular flexibility index (Phi) is 6.95. The third-order valence-electron chi connectivity index (χ3n) is 6.12. The molecule has 1 aliphatic rings. The maximum atomic E-state index is 15.4. The summed E-state index contributed by atoms with van der Waals surface area (Å²) < 4.78 is 50.3. The molecule has 3 aromatic rings. The minimum atomic E-state index is -3.70. The van der Waals surface area contributed by atoms with Crippen molar-refractivity contribution in [1.29, 1.82) is 0 Å². The van der Waals surface area contributed by atoms with Crippen LogP contribution in [0.2, 0.25) is 0 Å². The molecule has 0 spiro atoms. The summed E-state index contributed by atoms with van der Waals surface area (Å²) in [5, 5.41) is 9.38. The van der Waals surface area contributed by atoms with Gasteiger partial charge in [0.05, 0.1) is 28.5 Å². The Labute approximate surface area is 202 Å². The van der Waals surface area contributed by atoms with Gasteiger partial charge in [-0.3, -0.25) is 4.79 Å². The van der Waals surface area contributed by atoms with E-state index in [0.717, 1.165) is 38.2 Å². The van der Waals surface area contributed by atoms with Gasteiger partial charge in [-0.2, -0.15) is 0 Å². The minimum Gasteiger partial charge on any atom is -0.494 e. The number of hydrogen-bond acceptors (Lipinski definition) is 5. The molecule has 10 heteroatoms. The molecular formula is C25H27FN2O6S. The van der Waals surface area contributed by atoms with Crippen LogP contribution in [0.4, 0.5) is 4.39 Å². The van der Waals surface area contributed by atoms with Gasteiger partial charge >= 0.3 is 5.97 Å². The standard InChI is InChI=1S/C25H27FN2O6S/c1-3-4-5-12-27-35(32,33)17-10-6-15(7-11-17)21-20(26)13-18-22(24(21)34-2)28(16-8-9-16)14-19(23(18)29)25(30)31/h6-7,10-11,13-14,16,27H,3-5,8-9,12H2,1-2H3,(H,30,31). The summed E-state index contributed by atoms with van der Waals surface area (Å²) in [4.78, 5) is 24.5. The van der Waals surface area contributed by atoms with Gasteiger partial charge in [-0.25, -0.2) is 22.3 Å². The van der Waals surface area contributed by atoms with Crippen LogP contribution in [-0.4, -0.2) is 37.7 Å². The first kappa shape index (κ1) is 24.9. The van der Waals surface area contributed by atoms with E-state index in [1.165, 1.54) is 37.6 Å². The smallest absolute Gasteiger partial charge is 0.341 e. The number of nitrogens with zero attached hydrogens (tertiary/aromatic N) is 1. The number of ether oxygens (including phenoxy) is 1. The van der Waals surface area contributed by atoms with E-state index >= 15 is 4.39 Å². The number of aromatic nitrogens is 1. The van der Waals surface area contributed by atoms with Crippen LogP contribution in [0.25, 0.3) is 22.0 Å². The normalized spacial score (nSPS) is 13.8. The molecule has 0 radical (unpaired) electrons. The number of benzene rings is 2. The molecule has 1 heterocycles. The second kappa shape index (κ2) is 9.79. The van der Waals surface area contributed by atoms with Crippen LogP contribution in [0.1, 0.15) is 55.4 Å².